The first-order valence-electron chi connectivity index (χ1n) is 8.23. The minimum absolute atomic E-state index is 0.129. The van der Waals surface area contributed by atoms with Crippen molar-refractivity contribution in [2.24, 2.45) is 5.92 Å². The minimum atomic E-state index is -0.267. The van der Waals surface area contributed by atoms with Crippen molar-refractivity contribution in [3.8, 4) is 5.75 Å². The zero-order chi connectivity index (χ0) is 16.7. The van der Waals surface area contributed by atoms with Crippen LogP contribution in [0.5, 0.6) is 5.75 Å². The van der Waals surface area contributed by atoms with E-state index in [0.717, 1.165) is 30.7 Å². The average Bonchev–Trinajstić information content (AvgIpc) is 2.55. The second kappa shape index (κ2) is 8.56. The van der Waals surface area contributed by atoms with Gasteiger partial charge in [-0.3, -0.25) is 9.59 Å². The Hall–Kier alpha value is -2.04. The van der Waals surface area contributed by atoms with Gasteiger partial charge in [-0.05, 0) is 44.0 Å². The standard InChI is InChI=1S/C18H25NO4/c1-3-23-18(21)12-16(15-6-4-5-7-17(15)20)19-13-8-10-14(22-2)11-9-13/h8-11,15-16,19H,3-7,12H2,1-2H3/t15-,16+/m0/s1. The number of hydrogen-bond acceptors (Lipinski definition) is 5. The predicted octanol–water partition coefficient (Wildman–Crippen LogP) is 3.19. The Balaban J connectivity index is 2.10. The van der Waals surface area contributed by atoms with Gasteiger partial charge >= 0.3 is 5.97 Å². The molecule has 126 valence electrons. The summed E-state index contributed by atoms with van der Waals surface area (Å²) < 4.78 is 10.2. The van der Waals surface area contributed by atoms with Crippen molar-refractivity contribution < 1.29 is 19.1 Å². The van der Waals surface area contributed by atoms with Crippen LogP contribution in [-0.4, -0.2) is 31.5 Å². The lowest BCUT2D eigenvalue weighted by molar-refractivity contribution is -0.143. The van der Waals surface area contributed by atoms with E-state index in [9.17, 15) is 9.59 Å². The van der Waals surface area contributed by atoms with E-state index >= 15 is 0 Å². The molecule has 0 saturated heterocycles. The van der Waals surface area contributed by atoms with Crippen LogP contribution in [0.25, 0.3) is 0 Å². The molecule has 0 radical (unpaired) electrons. The summed E-state index contributed by atoms with van der Waals surface area (Å²) in [5, 5.41) is 3.34. The number of Topliss-reactive ketones (excluding diaryl/α,β-unsaturated/α-hetero) is 1. The fourth-order valence-corrected chi connectivity index (χ4v) is 3.03. The first-order chi connectivity index (χ1) is 11.1. The van der Waals surface area contributed by atoms with Gasteiger partial charge in [-0.1, -0.05) is 6.42 Å². The number of ether oxygens (including phenoxy) is 2. The molecule has 1 aromatic carbocycles. The molecule has 0 unspecified atom stereocenters. The van der Waals surface area contributed by atoms with Gasteiger partial charge in [-0.15, -0.1) is 0 Å². The molecule has 0 aromatic heterocycles. The number of carbonyl (C=O) groups excluding carboxylic acids is 2. The van der Waals surface area contributed by atoms with Crippen LogP contribution in [0, 0.1) is 5.92 Å². The largest absolute Gasteiger partial charge is 0.497 e. The molecular weight excluding hydrogens is 294 g/mol. The zero-order valence-electron chi connectivity index (χ0n) is 13.8. The molecule has 0 aliphatic heterocycles. The molecule has 2 atom stereocenters. The van der Waals surface area contributed by atoms with Crippen molar-refractivity contribution in [1.82, 2.24) is 0 Å². The zero-order valence-corrected chi connectivity index (χ0v) is 13.8. The van der Waals surface area contributed by atoms with Gasteiger partial charge in [-0.2, -0.15) is 0 Å². The van der Waals surface area contributed by atoms with Crippen molar-refractivity contribution in [2.75, 3.05) is 19.0 Å². The monoisotopic (exact) mass is 319 g/mol. The molecule has 5 nitrogen and oxygen atoms in total. The fourth-order valence-electron chi connectivity index (χ4n) is 3.03. The summed E-state index contributed by atoms with van der Waals surface area (Å²) in [7, 11) is 1.62. The SMILES string of the molecule is CCOC(=O)C[C@@H](Nc1ccc(OC)cc1)[C@@H]1CCCCC1=O. The molecule has 1 saturated carbocycles. The van der Waals surface area contributed by atoms with Gasteiger partial charge in [0, 0.05) is 24.1 Å². The molecule has 2 rings (SSSR count). The number of methoxy groups -OCH3 is 1. The van der Waals surface area contributed by atoms with Crippen LogP contribution in [-0.2, 0) is 14.3 Å². The van der Waals surface area contributed by atoms with Crippen molar-refractivity contribution in [2.45, 2.75) is 45.1 Å². The van der Waals surface area contributed by atoms with Gasteiger partial charge in [0.05, 0.1) is 20.1 Å². The van der Waals surface area contributed by atoms with Crippen LogP contribution in [0.3, 0.4) is 0 Å². The number of carbonyl (C=O) groups is 2. The topological polar surface area (TPSA) is 64.6 Å². The lowest BCUT2D eigenvalue weighted by Crippen LogP contribution is -2.38. The van der Waals surface area contributed by atoms with Crippen LogP contribution in [0.4, 0.5) is 5.69 Å². The molecule has 1 aliphatic rings. The Morgan fingerprint density at radius 1 is 1.30 bits per heavy atom. The van der Waals surface area contributed by atoms with Gasteiger partial charge in [0.25, 0.3) is 0 Å². The molecule has 23 heavy (non-hydrogen) atoms. The Kier molecular flexibility index (Phi) is 6.44. The molecular formula is C18H25NO4. The molecule has 0 bridgehead atoms. The number of hydrogen-bond donors (Lipinski definition) is 1. The highest BCUT2D eigenvalue weighted by Gasteiger charge is 2.32. The Morgan fingerprint density at radius 2 is 2.04 bits per heavy atom. The molecule has 5 heteroatoms. The van der Waals surface area contributed by atoms with Gasteiger partial charge < -0.3 is 14.8 Å². The number of esters is 1. The normalized spacial score (nSPS) is 19.0. The number of ketones is 1. The smallest absolute Gasteiger partial charge is 0.307 e. The van der Waals surface area contributed by atoms with E-state index in [0.29, 0.717) is 13.0 Å². The third kappa shape index (κ3) is 4.98. The molecule has 1 fully saturated rings. The number of rotatable bonds is 7. The minimum Gasteiger partial charge on any atom is -0.497 e. The highest BCUT2D eigenvalue weighted by Crippen LogP contribution is 2.28. The van der Waals surface area contributed by atoms with E-state index in [4.69, 9.17) is 9.47 Å². The van der Waals surface area contributed by atoms with E-state index in [1.54, 1.807) is 14.0 Å². The lowest BCUT2D eigenvalue weighted by atomic mass is 9.81. The second-order valence-corrected chi connectivity index (χ2v) is 5.81. The number of nitrogens with one attached hydrogen (secondary N) is 1. The van der Waals surface area contributed by atoms with Gasteiger partial charge in [0.1, 0.15) is 11.5 Å². The summed E-state index contributed by atoms with van der Waals surface area (Å²) in [6.45, 7) is 2.14. The Bertz CT molecular complexity index is 526. The van der Waals surface area contributed by atoms with Crippen molar-refractivity contribution in [3.05, 3.63) is 24.3 Å². The third-order valence-corrected chi connectivity index (χ3v) is 4.22. The number of anilines is 1. The summed E-state index contributed by atoms with van der Waals surface area (Å²) in [4.78, 5) is 24.2. The van der Waals surface area contributed by atoms with Crippen LogP contribution in [0.15, 0.2) is 24.3 Å². The second-order valence-electron chi connectivity index (χ2n) is 5.81. The highest BCUT2D eigenvalue weighted by molar-refractivity contribution is 5.84. The van der Waals surface area contributed by atoms with Gasteiger partial charge in [-0.25, -0.2) is 0 Å². The average molecular weight is 319 g/mol. The van der Waals surface area contributed by atoms with E-state index in [2.05, 4.69) is 5.32 Å². The first-order valence-corrected chi connectivity index (χ1v) is 8.23. The molecule has 0 amide bonds. The molecule has 1 N–H and O–H groups in total. The number of benzene rings is 1. The first kappa shape index (κ1) is 17.3. The summed E-state index contributed by atoms with van der Waals surface area (Å²) in [5.74, 6) is 0.616. The molecule has 1 aromatic rings. The third-order valence-electron chi connectivity index (χ3n) is 4.22. The summed E-state index contributed by atoms with van der Waals surface area (Å²) in [5.41, 5.74) is 0.874. The molecule has 1 aliphatic carbocycles. The summed E-state index contributed by atoms with van der Waals surface area (Å²) >= 11 is 0. The van der Waals surface area contributed by atoms with Crippen molar-refractivity contribution in [1.29, 1.82) is 0 Å². The van der Waals surface area contributed by atoms with Crippen LogP contribution in [0.2, 0.25) is 0 Å². The van der Waals surface area contributed by atoms with Crippen molar-refractivity contribution >= 4 is 17.4 Å². The van der Waals surface area contributed by atoms with E-state index in [1.165, 1.54) is 0 Å². The van der Waals surface area contributed by atoms with Crippen molar-refractivity contribution in [3.63, 3.8) is 0 Å². The maximum Gasteiger partial charge on any atom is 0.307 e. The van der Waals surface area contributed by atoms with E-state index in [-0.39, 0.29) is 30.1 Å². The maximum atomic E-state index is 12.3. The van der Waals surface area contributed by atoms with Gasteiger partial charge in [0.2, 0.25) is 0 Å². The lowest BCUT2D eigenvalue weighted by Gasteiger charge is -2.30. The predicted molar refractivity (Wildman–Crippen MR) is 88.6 cm³/mol. The summed E-state index contributed by atoms with van der Waals surface area (Å²) in [6, 6.07) is 7.27. The van der Waals surface area contributed by atoms with Gasteiger partial charge in [0.15, 0.2) is 0 Å². The maximum absolute atomic E-state index is 12.3. The Morgan fingerprint density at radius 3 is 2.65 bits per heavy atom. The van der Waals surface area contributed by atoms with Crippen LogP contribution in [0.1, 0.15) is 39.0 Å². The Labute approximate surface area is 137 Å². The fraction of sp³-hybridized carbons (Fsp3) is 0.556. The van der Waals surface area contributed by atoms with E-state index in [1.807, 2.05) is 24.3 Å². The molecule has 0 heterocycles. The van der Waals surface area contributed by atoms with E-state index < -0.39 is 0 Å². The van der Waals surface area contributed by atoms with Crippen LogP contribution < -0.4 is 10.1 Å². The van der Waals surface area contributed by atoms with Crippen LogP contribution >= 0.6 is 0 Å². The quantitative estimate of drug-likeness (QED) is 0.782. The summed E-state index contributed by atoms with van der Waals surface area (Å²) in [6.07, 6.45) is 3.61. The highest BCUT2D eigenvalue weighted by atomic mass is 16.5. The molecule has 0 spiro atoms.